The number of rotatable bonds is 3. The monoisotopic (exact) mass is 331 g/mol. The molecule has 1 aromatic heterocycles. The fourth-order valence-corrected chi connectivity index (χ4v) is 2.51. The Labute approximate surface area is 136 Å². The van der Waals surface area contributed by atoms with Crippen molar-refractivity contribution in [3.05, 3.63) is 69.0 Å². The minimum absolute atomic E-state index is 0.279. The van der Waals surface area contributed by atoms with Gasteiger partial charge in [-0.05, 0) is 30.2 Å². The molecule has 6 nitrogen and oxygen atoms in total. The Hall–Kier alpha value is -2.73. The maximum Gasteiger partial charge on any atom is 0.433 e. The number of aryl methyl sites for hydroxylation is 1. The number of H-pyrrole nitrogens is 1. The maximum absolute atomic E-state index is 12.2. The normalized spacial score (nSPS) is 10.7. The highest BCUT2D eigenvalue weighted by atomic mass is 35.5. The first-order valence-corrected chi connectivity index (χ1v) is 7.34. The minimum Gasteiger partial charge on any atom is -0.316 e. The Bertz CT molecular complexity index is 930. The van der Waals surface area contributed by atoms with Crippen molar-refractivity contribution in [2.24, 2.45) is 0 Å². The highest BCUT2D eigenvalue weighted by Gasteiger charge is 2.13. The van der Waals surface area contributed by atoms with Crippen LogP contribution in [0.2, 0.25) is 5.02 Å². The Morgan fingerprint density at radius 3 is 2.78 bits per heavy atom. The van der Waals surface area contributed by atoms with Gasteiger partial charge in [0.1, 0.15) is 0 Å². The van der Waals surface area contributed by atoms with E-state index < -0.39 is 11.7 Å². The van der Waals surface area contributed by atoms with Gasteiger partial charge in [-0.3, -0.25) is 14.7 Å². The summed E-state index contributed by atoms with van der Waals surface area (Å²) in [5, 5.41) is 5.86. The number of carbonyl (C=O) groups is 1. The van der Waals surface area contributed by atoms with E-state index in [1.165, 1.54) is 0 Å². The zero-order valence-electron chi connectivity index (χ0n) is 12.3. The van der Waals surface area contributed by atoms with Crippen LogP contribution in [0.25, 0.3) is 10.9 Å². The molecule has 0 aliphatic carbocycles. The van der Waals surface area contributed by atoms with Crippen LogP contribution in [-0.2, 0) is 6.54 Å². The van der Waals surface area contributed by atoms with E-state index in [2.05, 4.69) is 10.4 Å². The molecule has 0 bridgehead atoms. The minimum atomic E-state index is -0.738. The first-order valence-electron chi connectivity index (χ1n) is 6.96. The lowest BCUT2D eigenvalue weighted by molar-refractivity contribution is 0.112. The summed E-state index contributed by atoms with van der Waals surface area (Å²) in [5.74, 6) is 0. The molecule has 3 rings (SSSR count). The second kappa shape index (κ2) is 6.18. The van der Waals surface area contributed by atoms with Gasteiger partial charge >= 0.3 is 11.7 Å². The van der Waals surface area contributed by atoms with Crippen LogP contribution in [0.4, 0.5) is 4.79 Å². The first-order chi connectivity index (χ1) is 11.1. The average molecular weight is 332 g/mol. The molecular weight excluding hydrogens is 318 g/mol. The zero-order chi connectivity index (χ0) is 16.4. The topological polar surface area (TPSA) is 76.1 Å². The lowest BCUT2D eigenvalue weighted by atomic mass is 10.1. The van der Waals surface area contributed by atoms with E-state index in [1.807, 2.05) is 31.2 Å². The van der Waals surface area contributed by atoms with Crippen LogP contribution >= 0.6 is 11.6 Å². The molecule has 2 aromatic carbocycles. The van der Waals surface area contributed by atoms with Crippen LogP contribution in [0.5, 0.6) is 0 Å². The summed E-state index contributed by atoms with van der Waals surface area (Å²) in [6.07, 6.45) is -0.738. The van der Waals surface area contributed by atoms with Crippen molar-refractivity contribution in [2.75, 3.05) is 0 Å². The Kier molecular flexibility index (Phi) is 4.08. The number of fused-ring (bicyclic) bond motifs is 1. The van der Waals surface area contributed by atoms with Crippen LogP contribution in [0.3, 0.4) is 0 Å². The molecule has 1 amide bonds. The van der Waals surface area contributed by atoms with Crippen molar-refractivity contribution in [1.29, 1.82) is 0 Å². The molecular formula is C16H14ClN3O3. The number of nitrogens with zero attached hydrogens (tertiary/aromatic N) is 1. The molecule has 3 aromatic rings. The molecule has 0 saturated carbocycles. The van der Waals surface area contributed by atoms with Crippen molar-refractivity contribution in [2.45, 2.75) is 13.5 Å². The lowest BCUT2D eigenvalue weighted by Crippen LogP contribution is -2.36. The fraction of sp³-hybridized carbons (Fsp3) is 0.125. The van der Waals surface area contributed by atoms with Gasteiger partial charge in [0.2, 0.25) is 0 Å². The molecule has 23 heavy (non-hydrogen) atoms. The third kappa shape index (κ3) is 3.07. The summed E-state index contributed by atoms with van der Waals surface area (Å²) < 4.78 is 0. The van der Waals surface area contributed by atoms with Crippen molar-refractivity contribution >= 4 is 28.6 Å². The number of aromatic amines is 1. The largest absolute Gasteiger partial charge is 0.433 e. The summed E-state index contributed by atoms with van der Waals surface area (Å²) in [5.41, 5.74) is 2.00. The molecule has 0 unspecified atom stereocenters. The predicted molar refractivity (Wildman–Crippen MR) is 87.6 cm³/mol. The summed E-state index contributed by atoms with van der Waals surface area (Å²) >= 11 is 5.98. The van der Waals surface area contributed by atoms with Crippen molar-refractivity contribution < 1.29 is 9.63 Å². The molecule has 0 aliphatic heterocycles. The van der Waals surface area contributed by atoms with E-state index in [0.29, 0.717) is 17.1 Å². The highest BCUT2D eigenvalue weighted by molar-refractivity contribution is 6.35. The number of carbonyl (C=O) groups excluding carboxylic acids is 1. The standard InChI is InChI=1S/C16H14ClN3O3/c1-10-5-2-3-6-11(10)9-18-16(22)23-20-15(21)14-12(17)7-4-8-13(14)19-20/h2-8,19H,9H2,1H3,(H,18,22). The average Bonchev–Trinajstić information content (AvgIpc) is 2.84. The van der Waals surface area contributed by atoms with Gasteiger partial charge in [-0.2, -0.15) is 0 Å². The van der Waals surface area contributed by atoms with E-state index in [1.54, 1.807) is 18.2 Å². The fourth-order valence-electron chi connectivity index (χ4n) is 2.25. The maximum atomic E-state index is 12.2. The third-order valence-electron chi connectivity index (χ3n) is 3.49. The van der Waals surface area contributed by atoms with Gasteiger partial charge < -0.3 is 5.32 Å². The van der Waals surface area contributed by atoms with Gasteiger partial charge in [0.05, 0.1) is 15.9 Å². The summed E-state index contributed by atoms with van der Waals surface area (Å²) in [6.45, 7) is 2.26. The van der Waals surface area contributed by atoms with Gasteiger partial charge in [0.15, 0.2) is 0 Å². The molecule has 7 heteroatoms. The predicted octanol–water partition coefficient (Wildman–Crippen LogP) is 2.63. The van der Waals surface area contributed by atoms with E-state index in [0.717, 1.165) is 16.0 Å². The van der Waals surface area contributed by atoms with E-state index in [4.69, 9.17) is 16.4 Å². The molecule has 118 valence electrons. The Morgan fingerprint density at radius 2 is 2.04 bits per heavy atom. The van der Waals surface area contributed by atoms with Crippen LogP contribution in [0, 0.1) is 6.92 Å². The number of hydrogen-bond acceptors (Lipinski definition) is 3. The lowest BCUT2D eigenvalue weighted by Gasteiger charge is -2.07. The second-order valence-electron chi connectivity index (χ2n) is 5.03. The van der Waals surface area contributed by atoms with Crippen LogP contribution < -0.4 is 15.7 Å². The van der Waals surface area contributed by atoms with Crippen LogP contribution in [0.15, 0.2) is 47.3 Å². The van der Waals surface area contributed by atoms with Gasteiger partial charge in [-0.25, -0.2) is 4.79 Å². The SMILES string of the molecule is Cc1ccccc1CNC(=O)On1[nH]c2cccc(Cl)c2c1=O. The van der Waals surface area contributed by atoms with Gasteiger partial charge in [0.25, 0.3) is 0 Å². The van der Waals surface area contributed by atoms with Gasteiger partial charge in [-0.1, -0.05) is 46.8 Å². The number of amides is 1. The Morgan fingerprint density at radius 1 is 1.26 bits per heavy atom. The zero-order valence-corrected chi connectivity index (χ0v) is 13.1. The van der Waals surface area contributed by atoms with Crippen molar-refractivity contribution in [3.8, 4) is 0 Å². The summed E-state index contributed by atoms with van der Waals surface area (Å²) in [6, 6.07) is 12.6. The number of benzene rings is 2. The molecule has 0 aliphatic rings. The molecule has 1 heterocycles. The smallest absolute Gasteiger partial charge is 0.316 e. The van der Waals surface area contributed by atoms with Gasteiger partial charge in [-0.15, -0.1) is 0 Å². The molecule has 0 spiro atoms. The van der Waals surface area contributed by atoms with Crippen molar-refractivity contribution in [3.63, 3.8) is 0 Å². The van der Waals surface area contributed by atoms with Crippen LogP contribution in [0.1, 0.15) is 11.1 Å². The summed E-state index contributed by atoms with van der Waals surface area (Å²) in [4.78, 5) is 29.8. The second-order valence-corrected chi connectivity index (χ2v) is 5.44. The molecule has 0 radical (unpaired) electrons. The molecule has 0 atom stereocenters. The van der Waals surface area contributed by atoms with Crippen LogP contribution in [-0.4, -0.2) is 16.0 Å². The van der Waals surface area contributed by atoms with E-state index in [-0.39, 0.29) is 5.39 Å². The highest BCUT2D eigenvalue weighted by Crippen LogP contribution is 2.17. The number of nitrogens with one attached hydrogen (secondary N) is 2. The van der Waals surface area contributed by atoms with Gasteiger partial charge in [0, 0.05) is 6.54 Å². The summed E-state index contributed by atoms with van der Waals surface area (Å²) in [7, 11) is 0. The number of aromatic nitrogens is 2. The number of halogens is 1. The Balaban J connectivity index is 1.74. The van der Waals surface area contributed by atoms with Crippen molar-refractivity contribution in [1.82, 2.24) is 15.3 Å². The van der Waals surface area contributed by atoms with E-state index >= 15 is 0 Å². The number of hydrogen-bond donors (Lipinski definition) is 2. The van der Waals surface area contributed by atoms with E-state index in [9.17, 15) is 9.59 Å². The molecule has 2 N–H and O–H groups in total. The third-order valence-corrected chi connectivity index (χ3v) is 3.81. The molecule has 0 saturated heterocycles. The quantitative estimate of drug-likeness (QED) is 0.774. The first kappa shape index (κ1) is 15.2. The molecule has 0 fully saturated rings.